The van der Waals surface area contributed by atoms with Gasteiger partial charge in [-0.05, 0) is 22.3 Å². The minimum absolute atomic E-state index is 0.0802. The molecule has 0 saturated carbocycles. The van der Waals surface area contributed by atoms with Crippen LogP contribution in [0, 0.1) is 0 Å². The zero-order valence-corrected chi connectivity index (χ0v) is 19.6. The Morgan fingerprint density at radius 1 is 1.09 bits per heavy atom. The number of carboxylic acids is 1. The molecule has 9 nitrogen and oxygen atoms in total. The second-order valence-corrected chi connectivity index (χ2v) is 9.04. The summed E-state index contributed by atoms with van der Waals surface area (Å²) in [6.07, 6.45) is 0.918. The molecule has 1 unspecified atom stereocenters. The Morgan fingerprint density at radius 3 is 2.31 bits per heavy atom. The number of carbonyl (C=O) groups excluding carboxylic acids is 2. The second kappa shape index (κ2) is 11.1. The van der Waals surface area contributed by atoms with E-state index in [2.05, 4.69) is 10.3 Å². The monoisotopic (exact) mass is 495 g/mol. The number of aliphatic hydroxyl groups excluding tert-OH is 1. The molecule has 182 valence electrons. The van der Waals surface area contributed by atoms with E-state index >= 15 is 0 Å². The Bertz CT molecular complexity index is 1150. The molecule has 2 aromatic carbocycles. The first kappa shape index (κ1) is 24.4. The fraction of sp³-hybridized carbons (Fsp3) is 0.280. The van der Waals surface area contributed by atoms with Gasteiger partial charge < -0.3 is 25.2 Å². The number of hydrogen-bond donors (Lipinski definition) is 3. The molecule has 3 aromatic rings. The fourth-order valence-corrected chi connectivity index (χ4v) is 4.94. The van der Waals surface area contributed by atoms with Gasteiger partial charge in [-0.1, -0.05) is 48.5 Å². The molecule has 4 rings (SSSR count). The van der Waals surface area contributed by atoms with Gasteiger partial charge in [-0.15, -0.1) is 11.3 Å². The maximum absolute atomic E-state index is 13.1. The van der Waals surface area contributed by atoms with E-state index in [9.17, 15) is 19.5 Å². The second-order valence-electron chi connectivity index (χ2n) is 8.07. The minimum atomic E-state index is -1.22. The molecule has 0 fully saturated rings. The van der Waals surface area contributed by atoms with Crippen molar-refractivity contribution in [3.63, 3.8) is 0 Å². The Morgan fingerprint density at radius 2 is 1.74 bits per heavy atom. The Hall–Kier alpha value is -3.76. The molecular formula is C25H25N3O6S. The molecule has 1 atom stereocenters. The third-order valence-corrected chi connectivity index (χ3v) is 6.63. The van der Waals surface area contributed by atoms with Crippen LogP contribution in [0.3, 0.4) is 0 Å². The van der Waals surface area contributed by atoms with Crippen molar-refractivity contribution in [1.82, 2.24) is 15.2 Å². The number of aromatic nitrogens is 1. The smallest absolute Gasteiger partial charge is 0.407 e. The number of ether oxygens (including phenoxy) is 1. The van der Waals surface area contributed by atoms with Gasteiger partial charge in [0.25, 0.3) is 0 Å². The number of rotatable bonds is 10. The highest BCUT2D eigenvalue weighted by molar-refractivity contribution is 7.09. The molecule has 1 aliphatic carbocycles. The van der Waals surface area contributed by atoms with E-state index in [1.165, 1.54) is 11.3 Å². The summed E-state index contributed by atoms with van der Waals surface area (Å²) in [4.78, 5) is 42.8. The number of alkyl carbamates (subject to hydrolysis) is 1. The van der Waals surface area contributed by atoms with Crippen LogP contribution in [0.15, 0.2) is 60.2 Å². The molecule has 0 bridgehead atoms. The van der Waals surface area contributed by atoms with E-state index in [-0.39, 0.29) is 25.5 Å². The highest BCUT2D eigenvalue weighted by Crippen LogP contribution is 2.44. The molecule has 1 aromatic heterocycles. The van der Waals surface area contributed by atoms with E-state index in [4.69, 9.17) is 9.84 Å². The lowest BCUT2D eigenvalue weighted by Crippen LogP contribution is -2.51. The van der Waals surface area contributed by atoms with Crippen LogP contribution in [0.25, 0.3) is 11.1 Å². The lowest BCUT2D eigenvalue weighted by molar-refractivity contribution is -0.145. The molecule has 0 aliphatic heterocycles. The summed E-state index contributed by atoms with van der Waals surface area (Å²) in [6.45, 7) is -1.09. The van der Waals surface area contributed by atoms with Crippen LogP contribution in [0.4, 0.5) is 4.79 Å². The number of carbonyl (C=O) groups is 3. The maximum atomic E-state index is 13.1. The highest BCUT2D eigenvalue weighted by atomic mass is 32.1. The van der Waals surface area contributed by atoms with Crippen molar-refractivity contribution in [2.24, 2.45) is 0 Å². The van der Waals surface area contributed by atoms with Gasteiger partial charge in [0.05, 0.1) is 12.1 Å². The Kier molecular flexibility index (Phi) is 7.74. The van der Waals surface area contributed by atoms with Crippen LogP contribution in [0.5, 0.6) is 0 Å². The predicted molar refractivity (Wildman–Crippen MR) is 129 cm³/mol. The fourth-order valence-electron chi connectivity index (χ4n) is 4.30. The van der Waals surface area contributed by atoms with E-state index in [0.717, 1.165) is 32.0 Å². The summed E-state index contributed by atoms with van der Waals surface area (Å²) in [5, 5.41) is 21.0. The van der Waals surface area contributed by atoms with Crippen LogP contribution in [0.1, 0.15) is 21.9 Å². The molecule has 0 spiro atoms. The van der Waals surface area contributed by atoms with Crippen LogP contribution in [-0.4, -0.2) is 70.4 Å². The van der Waals surface area contributed by atoms with Crippen LogP contribution < -0.4 is 5.32 Å². The van der Waals surface area contributed by atoms with Crippen molar-refractivity contribution in [3.8, 4) is 11.1 Å². The van der Waals surface area contributed by atoms with E-state index in [0.29, 0.717) is 0 Å². The standard InChI is InChI=1S/C25H25N3O6S/c29-10-9-28(13-23(30)31)24(32)22(11-16-12-26-15-35-16)27-25(33)34-14-21-19-7-3-1-5-17(19)18-6-2-4-8-20(18)21/h1-8,12,15,21-22,29H,9-11,13-14H2,(H,27,33)(H,30,31). The van der Waals surface area contributed by atoms with Crippen molar-refractivity contribution in [2.45, 2.75) is 18.4 Å². The van der Waals surface area contributed by atoms with E-state index < -0.39 is 37.2 Å². The van der Waals surface area contributed by atoms with Crippen molar-refractivity contribution in [2.75, 3.05) is 26.3 Å². The molecule has 2 amide bonds. The van der Waals surface area contributed by atoms with Gasteiger partial charge in [0.2, 0.25) is 5.91 Å². The molecule has 3 N–H and O–H groups in total. The normalized spacial score (nSPS) is 12.9. The average Bonchev–Trinajstić information content (AvgIpc) is 3.47. The number of thiazole rings is 1. The summed E-state index contributed by atoms with van der Waals surface area (Å²) in [7, 11) is 0. The molecule has 0 radical (unpaired) electrons. The summed E-state index contributed by atoms with van der Waals surface area (Å²) in [6, 6.07) is 14.8. The van der Waals surface area contributed by atoms with Gasteiger partial charge in [-0.3, -0.25) is 14.6 Å². The lowest BCUT2D eigenvalue weighted by Gasteiger charge is -2.26. The number of aliphatic carboxylic acids is 1. The topological polar surface area (TPSA) is 129 Å². The summed E-state index contributed by atoms with van der Waals surface area (Å²) < 4.78 is 5.56. The average molecular weight is 496 g/mol. The molecule has 35 heavy (non-hydrogen) atoms. The molecular weight excluding hydrogens is 470 g/mol. The number of carboxylic acid groups (broad SMARTS) is 1. The van der Waals surface area contributed by atoms with Crippen LogP contribution in [0.2, 0.25) is 0 Å². The van der Waals surface area contributed by atoms with Crippen LogP contribution in [-0.2, 0) is 20.7 Å². The van der Waals surface area contributed by atoms with Gasteiger partial charge >= 0.3 is 12.1 Å². The Labute approximate surface area is 206 Å². The zero-order chi connectivity index (χ0) is 24.8. The predicted octanol–water partition coefficient (Wildman–Crippen LogP) is 2.50. The molecule has 1 heterocycles. The van der Waals surface area contributed by atoms with Crippen LogP contribution >= 0.6 is 11.3 Å². The summed E-state index contributed by atoms with van der Waals surface area (Å²) in [5.41, 5.74) is 5.93. The highest BCUT2D eigenvalue weighted by Gasteiger charge is 2.31. The van der Waals surface area contributed by atoms with Crippen molar-refractivity contribution in [1.29, 1.82) is 0 Å². The number of aliphatic hydroxyl groups is 1. The van der Waals surface area contributed by atoms with Gasteiger partial charge in [-0.2, -0.15) is 0 Å². The summed E-state index contributed by atoms with van der Waals surface area (Å²) in [5.74, 6) is -1.98. The number of benzene rings is 2. The van der Waals surface area contributed by atoms with E-state index in [1.807, 2.05) is 48.5 Å². The molecule has 1 aliphatic rings. The SMILES string of the molecule is O=C(O)CN(CCO)C(=O)C(Cc1cncs1)NC(=O)OCC1c2ccccc2-c2ccccc21. The Balaban J connectivity index is 1.47. The van der Waals surface area contributed by atoms with Gasteiger partial charge in [0.15, 0.2) is 0 Å². The van der Waals surface area contributed by atoms with Crippen molar-refractivity contribution in [3.05, 3.63) is 76.2 Å². The first-order valence-electron chi connectivity index (χ1n) is 11.1. The largest absolute Gasteiger partial charge is 0.480 e. The number of fused-ring (bicyclic) bond motifs is 3. The zero-order valence-electron chi connectivity index (χ0n) is 18.8. The van der Waals surface area contributed by atoms with E-state index in [1.54, 1.807) is 11.7 Å². The van der Waals surface area contributed by atoms with Crippen molar-refractivity contribution >= 4 is 29.3 Å². The quantitative estimate of drug-likeness (QED) is 0.394. The number of nitrogens with one attached hydrogen (secondary N) is 1. The third-order valence-electron chi connectivity index (χ3n) is 5.83. The number of hydrogen-bond acceptors (Lipinski definition) is 7. The van der Waals surface area contributed by atoms with Gasteiger partial charge in [0, 0.05) is 30.0 Å². The number of amides is 2. The maximum Gasteiger partial charge on any atom is 0.407 e. The lowest BCUT2D eigenvalue weighted by atomic mass is 9.98. The first-order chi connectivity index (χ1) is 17.0. The summed E-state index contributed by atoms with van der Waals surface area (Å²) >= 11 is 1.31. The van der Waals surface area contributed by atoms with Gasteiger partial charge in [-0.25, -0.2) is 4.79 Å². The first-order valence-corrected chi connectivity index (χ1v) is 12.0. The van der Waals surface area contributed by atoms with Crippen molar-refractivity contribution < 1.29 is 29.3 Å². The number of nitrogens with zero attached hydrogens (tertiary/aromatic N) is 2. The molecule has 0 saturated heterocycles. The third kappa shape index (κ3) is 5.67. The van der Waals surface area contributed by atoms with Gasteiger partial charge in [0.1, 0.15) is 19.2 Å². The minimum Gasteiger partial charge on any atom is -0.480 e. The molecule has 10 heteroatoms.